The molecule has 176 valence electrons. The fourth-order valence-corrected chi connectivity index (χ4v) is 4.00. The largest absolute Gasteiger partial charge is 0.382 e. The average molecular weight is 465 g/mol. The molecule has 10 nitrogen and oxygen atoms in total. The summed E-state index contributed by atoms with van der Waals surface area (Å²) < 4.78 is 26.6. The number of hydrogen-bond acceptors (Lipinski definition) is 8. The number of carbonyl (C=O) groups is 1. The lowest BCUT2D eigenvalue weighted by atomic mass is 10.0. The Labute approximate surface area is 194 Å². The van der Waals surface area contributed by atoms with Gasteiger partial charge in [0.05, 0.1) is 18.4 Å². The summed E-state index contributed by atoms with van der Waals surface area (Å²) in [5.74, 6) is 0.0688. The molecule has 5 rings (SSSR count). The fraction of sp³-hybridized carbons (Fsp3) is 0.348. The highest BCUT2D eigenvalue weighted by molar-refractivity contribution is 5.98. The van der Waals surface area contributed by atoms with Crippen molar-refractivity contribution in [2.24, 2.45) is 0 Å². The molecule has 0 bridgehead atoms. The van der Waals surface area contributed by atoms with Crippen LogP contribution in [0.1, 0.15) is 26.2 Å². The Morgan fingerprint density at radius 2 is 2.29 bits per heavy atom. The number of halogens is 1. The first kappa shape index (κ1) is 22.0. The molecule has 3 N–H and O–H groups in total. The van der Waals surface area contributed by atoms with Crippen LogP contribution in [-0.4, -0.2) is 49.2 Å². The van der Waals surface area contributed by atoms with E-state index in [9.17, 15) is 9.18 Å². The Bertz CT molecular complexity index is 1260. The van der Waals surface area contributed by atoms with Crippen LogP contribution in [0.3, 0.4) is 0 Å². The van der Waals surface area contributed by atoms with Gasteiger partial charge in [-0.3, -0.25) is 9.48 Å². The molecule has 0 saturated carbocycles. The predicted molar refractivity (Wildman–Crippen MR) is 122 cm³/mol. The molecule has 0 spiro atoms. The van der Waals surface area contributed by atoms with Gasteiger partial charge in [0.1, 0.15) is 35.1 Å². The van der Waals surface area contributed by atoms with E-state index in [-0.39, 0.29) is 24.1 Å². The predicted octanol–water partition coefficient (Wildman–Crippen LogP) is 3.31. The average Bonchev–Trinajstić information content (AvgIpc) is 3.58. The zero-order valence-electron chi connectivity index (χ0n) is 18.6. The van der Waals surface area contributed by atoms with Crippen LogP contribution < -0.4 is 11.1 Å². The lowest BCUT2D eigenvalue weighted by molar-refractivity contribution is -0.133. The zero-order valence-corrected chi connectivity index (χ0v) is 18.6. The van der Waals surface area contributed by atoms with Crippen LogP contribution >= 0.6 is 0 Å². The Balaban J connectivity index is 1.43. The number of anilines is 2. The number of nitrogens with two attached hydrogens (primary N) is 1. The van der Waals surface area contributed by atoms with Gasteiger partial charge in [0, 0.05) is 19.1 Å². The number of amides is 1. The van der Waals surface area contributed by atoms with Gasteiger partial charge in [-0.2, -0.15) is 5.10 Å². The summed E-state index contributed by atoms with van der Waals surface area (Å²) in [7, 11) is 0. The maximum atomic E-state index is 14.4. The Hall–Kier alpha value is -3.86. The van der Waals surface area contributed by atoms with Crippen LogP contribution in [0.5, 0.6) is 0 Å². The second-order valence-corrected chi connectivity index (χ2v) is 8.46. The van der Waals surface area contributed by atoms with Gasteiger partial charge in [-0.05, 0) is 31.4 Å². The highest BCUT2D eigenvalue weighted by Crippen LogP contribution is 2.30. The Kier molecular flexibility index (Phi) is 5.70. The summed E-state index contributed by atoms with van der Waals surface area (Å²) in [6.07, 6.45) is 8.97. The van der Waals surface area contributed by atoms with Gasteiger partial charge >= 0.3 is 0 Å². The quantitative estimate of drug-likeness (QED) is 0.566. The highest BCUT2D eigenvalue weighted by atomic mass is 19.1. The second-order valence-electron chi connectivity index (χ2n) is 8.46. The second kappa shape index (κ2) is 8.82. The van der Waals surface area contributed by atoms with Crippen molar-refractivity contribution >= 4 is 17.4 Å². The fourth-order valence-electron chi connectivity index (χ4n) is 4.00. The van der Waals surface area contributed by atoms with Crippen molar-refractivity contribution in [2.75, 3.05) is 17.7 Å². The molecule has 2 atom stereocenters. The van der Waals surface area contributed by atoms with E-state index in [1.807, 2.05) is 6.08 Å². The van der Waals surface area contributed by atoms with E-state index >= 15 is 0 Å². The first-order valence-corrected chi connectivity index (χ1v) is 11.0. The van der Waals surface area contributed by atoms with Gasteiger partial charge in [-0.15, -0.1) is 0 Å². The summed E-state index contributed by atoms with van der Waals surface area (Å²) in [4.78, 5) is 21.3. The third kappa shape index (κ3) is 4.21. The zero-order chi connectivity index (χ0) is 23.7. The van der Waals surface area contributed by atoms with Crippen LogP contribution in [0.2, 0.25) is 0 Å². The normalized spacial score (nSPS) is 22.1. The minimum Gasteiger partial charge on any atom is -0.382 e. The topological polar surface area (TPSA) is 134 Å². The minimum atomic E-state index is -1.08. The summed E-state index contributed by atoms with van der Waals surface area (Å²) in [6, 6.07) is 3.43. The monoisotopic (exact) mass is 465 g/mol. The molecule has 3 aromatic heterocycles. The number of alkyl halides is 1. The lowest BCUT2D eigenvalue weighted by Crippen LogP contribution is -2.39. The summed E-state index contributed by atoms with van der Waals surface area (Å²) >= 11 is 0. The molecule has 1 saturated heterocycles. The van der Waals surface area contributed by atoms with Gasteiger partial charge in [0.25, 0.3) is 5.91 Å². The standard InChI is InChI=1S/C23H24FN7O3/c1-23(8-4-9-33-23)22(32)27-18-12-26-21(28-20(18)25)17-11-19(16-7-10-34-30-16)31(29-17)13-14-5-2-3-6-15(14)24/h2-3,5,7,10-12,15H,4,6,8-9,13H2,1H3,(H,27,32)(H2,25,26,28). The number of nitrogens with one attached hydrogen (secondary N) is 1. The minimum absolute atomic E-state index is 0.0985. The van der Waals surface area contributed by atoms with E-state index in [0.717, 1.165) is 6.42 Å². The van der Waals surface area contributed by atoms with Gasteiger partial charge in [-0.25, -0.2) is 14.4 Å². The number of rotatable bonds is 6. The lowest BCUT2D eigenvalue weighted by Gasteiger charge is -2.22. The Morgan fingerprint density at radius 3 is 3.00 bits per heavy atom. The van der Waals surface area contributed by atoms with Crippen LogP contribution in [0, 0.1) is 0 Å². The third-order valence-corrected chi connectivity index (χ3v) is 6.00. The van der Waals surface area contributed by atoms with E-state index in [4.69, 9.17) is 15.0 Å². The van der Waals surface area contributed by atoms with Crippen LogP contribution in [0.25, 0.3) is 22.9 Å². The molecular weight excluding hydrogens is 441 g/mol. The van der Waals surface area contributed by atoms with E-state index in [2.05, 4.69) is 25.5 Å². The molecule has 11 heteroatoms. The number of ether oxygens (including phenoxy) is 1. The highest BCUT2D eigenvalue weighted by Gasteiger charge is 2.38. The molecule has 3 aromatic rings. The maximum Gasteiger partial charge on any atom is 0.256 e. The molecule has 2 unspecified atom stereocenters. The molecule has 34 heavy (non-hydrogen) atoms. The summed E-state index contributed by atoms with van der Waals surface area (Å²) in [5, 5.41) is 11.3. The molecule has 1 amide bonds. The Morgan fingerprint density at radius 1 is 1.41 bits per heavy atom. The van der Waals surface area contributed by atoms with Crippen LogP contribution in [-0.2, 0) is 16.1 Å². The van der Waals surface area contributed by atoms with Crippen molar-refractivity contribution in [3.8, 4) is 22.9 Å². The van der Waals surface area contributed by atoms with Gasteiger partial charge in [-0.1, -0.05) is 23.4 Å². The van der Waals surface area contributed by atoms with Crippen molar-refractivity contribution in [2.45, 2.75) is 44.5 Å². The number of nitrogens with zero attached hydrogens (tertiary/aromatic N) is 5. The van der Waals surface area contributed by atoms with Crippen molar-refractivity contribution in [3.05, 3.63) is 48.4 Å². The van der Waals surface area contributed by atoms with Crippen molar-refractivity contribution in [3.63, 3.8) is 0 Å². The van der Waals surface area contributed by atoms with Gasteiger partial charge in [0.2, 0.25) is 0 Å². The van der Waals surface area contributed by atoms with E-state index in [1.54, 1.807) is 35.9 Å². The van der Waals surface area contributed by atoms with E-state index in [1.165, 1.54) is 12.5 Å². The van der Waals surface area contributed by atoms with Gasteiger partial charge < -0.3 is 20.3 Å². The van der Waals surface area contributed by atoms with Crippen LogP contribution in [0.15, 0.2) is 52.9 Å². The molecule has 4 heterocycles. The van der Waals surface area contributed by atoms with Crippen molar-refractivity contribution in [1.82, 2.24) is 24.9 Å². The maximum absolute atomic E-state index is 14.4. The number of aromatic nitrogens is 5. The molecule has 0 radical (unpaired) electrons. The molecule has 1 aliphatic carbocycles. The van der Waals surface area contributed by atoms with E-state index < -0.39 is 11.8 Å². The van der Waals surface area contributed by atoms with Crippen molar-refractivity contribution < 1.29 is 18.4 Å². The SMILES string of the molecule is CC1(C(=O)Nc2cnc(-c3cc(-c4ccon4)n(CC4=CC=CCC4F)n3)nc2N)CCCO1. The number of allylic oxidation sites excluding steroid dienone is 4. The van der Waals surface area contributed by atoms with Crippen molar-refractivity contribution in [1.29, 1.82) is 0 Å². The summed E-state index contributed by atoms with van der Waals surface area (Å²) in [5.41, 5.74) is 7.71. The third-order valence-electron chi connectivity index (χ3n) is 6.00. The van der Waals surface area contributed by atoms with Gasteiger partial charge in [0.15, 0.2) is 11.6 Å². The summed E-state index contributed by atoms with van der Waals surface area (Å²) in [6.45, 7) is 2.52. The molecule has 1 fully saturated rings. The molecule has 2 aliphatic rings. The van der Waals surface area contributed by atoms with E-state index in [0.29, 0.717) is 47.8 Å². The number of hydrogen-bond donors (Lipinski definition) is 2. The molecule has 0 aromatic carbocycles. The van der Waals surface area contributed by atoms with Crippen LogP contribution in [0.4, 0.5) is 15.9 Å². The smallest absolute Gasteiger partial charge is 0.256 e. The first-order chi connectivity index (χ1) is 16.4. The molecular formula is C23H24FN7O3. The molecule has 1 aliphatic heterocycles. The number of nitrogen functional groups attached to an aromatic ring is 1. The number of carbonyl (C=O) groups excluding carboxylic acids is 1. The first-order valence-electron chi connectivity index (χ1n) is 11.0.